The molecule has 1 aromatic carbocycles. The Balaban J connectivity index is 1.52. The van der Waals surface area contributed by atoms with Gasteiger partial charge in [-0.2, -0.15) is 0 Å². The maximum Gasteiger partial charge on any atom is 0.273 e. The molecule has 0 fully saturated rings. The monoisotopic (exact) mass is 270 g/mol. The predicted molar refractivity (Wildman–Crippen MR) is 73.2 cm³/mol. The smallest absolute Gasteiger partial charge is 0.273 e. The Labute approximate surface area is 115 Å². The van der Waals surface area contributed by atoms with Crippen LogP contribution in [0.2, 0.25) is 0 Å². The van der Waals surface area contributed by atoms with Crippen molar-refractivity contribution in [2.75, 3.05) is 6.54 Å². The van der Waals surface area contributed by atoms with Crippen LogP contribution in [-0.4, -0.2) is 27.2 Å². The van der Waals surface area contributed by atoms with Crippen molar-refractivity contribution in [3.8, 4) is 0 Å². The number of carbonyl (C=O) groups excluding carboxylic acids is 1. The molecule has 0 radical (unpaired) electrons. The summed E-state index contributed by atoms with van der Waals surface area (Å²) in [6, 6.07) is 9.53. The molecule has 0 spiro atoms. The van der Waals surface area contributed by atoms with Gasteiger partial charge < -0.3 is 14.4 Å². The fourth-order valence-corrected chi connectivity index (χ4v) is 2.06. The zero-order valence-corrected chi connectivity index (χ0v) is 10.8. The van der Waals surface area contributed by atoms with Gasteiger partial charge in [0.1, 0.15) is 6.26 Å². The van der Waals surface area contributed by atoms with Crippen LogP contribution in [0.5, 0.6) is 0 Å². The summed E-state index contributed by atoms with van der Waals surface area (Å²) < 4.78 is 6.71. The maximum absolute atomic E-state index is 11.6. The summed E-state index contributed by atoms with van der Waals surface area (Å²) in [4.78, 5) is 16.0. The second-order valence-corrected chi connectivity index (χ2v) is 4.42. The first-order valence-corrected chi connectivity index (χ1v) is 6.43. The van der Waals surface area contributed by atoms with Gasteiger partial charge in [-0.15, -0.1) is 0 Å². The van der Waals surface area contributed by atoms with E-state index in [1.165, 1.54) is 6.26 Å². The molecule has 2 aromatic heterocycles. The second-order valence-electron chi connectivity index (χ2n) is 4.42. The molecular formula is C14H14N4O2. The highest BCUT2D eigenvalue weighted by atomic mass is 16.5. The number of benzene rings is 1. The van der Waals surface area contributed by atoms with Gasteiger partial charge in [0.25, 0.3) is 5.91 Å². The Hall–Kier alpha value is -2.63. The number of nitrogens with one attached hydrogen (secondary N) is 1. The van der Waals surface area contributed by atoms with Crippen molar-refractivity contribution in [1.82, 2.24) is 20.0 Å². The normalized spacial score (nSPS) is 10.8. The molecule has 6 heteroatoms. The number of nitrogens with zero attached hydrogens (tertiary/aromatic N) is 3. The Morgan fingerprint density at radius 3 is 3.05 bits per heavy atom. The van der Waals surface area contributed by atoms with Crippen molar-refractivity contribution in [2.24, 2.45) is 0 Å². The van der Waals surface area contributed by atoms with E-state index < -0.39 is 0 Å². The standard InChI is InChI=1S/C14H14N4O2/c19-14(12-6-9-20-17-12)15-7-3-8-18-10-16-11-4-1-2-5-13(11)18/h1-2,4-6,9-10H,3,7-8H2,(H,15,19). The van der Waals surface area contributed by atoms with Gasteiger partial charge in [-0.3, -0.25) is 4.79 Å². The molecule has 0 bridgehead atoms. The molecular weight excluding hydrogens is 256 g/mol. The lowest BCUT2D eigenvalue weighted by Gasteiger charge is -2.05. The molecule has 0 aliphatic rings. The zero-order chi connectivity index (χ0) is 13.8. The van der Waals surface area contributed by atoms with Gasteiger partial charge in [-0.1, -0.05) is 17.3 Å². The van der Waals surface area contributed by atoms with Crippen LogP contribution in [0, 0.1) is 0 Å². The van der Waals surface area contributed by atoms with Gasteiger partial charge in [0.2, 0.25) is 0 Å². The molecule has 3 aromatic rings. The van der Waals surface area contributed by atoms with Crippen LogP contribution in [0.15, 0.2) is 47.4 Å². The molecule has 0 aliphatic heterocycles. The van der Waals surface area contributed by atoms with Gasteiger partial charge in [-0.05, 0) is 18.6 Å². The van der Waals surface area contributed by atoms with Gasteiger partial charge in [0.05, 0.1) is 17.4 Å². The third-order valence-electron chi connectivity index (χ3n) is 3.06. The van der Waals surface area contributed by atoms with Crippen LogP contribution in [0.25, 0.3) is 11.0 Å². The highest BCUT2D eigenvalue weighted by molar-refractivity contribution is 5.91. The number of hydrogen-bond acceptors (Lipinski definition) is 4. The number of carbonyl (C=O) groups is 1. The highest BCUT2D eigenvalue weighted by Crippen LogP contribution is 2.11. The molecule has 1 N–H and O–H groups in total. The fourth-order valence-electron chi connectivity index (χ4n) is 2.06. The van der Waals surface area contributed by atoms with E-state index in [9.17, 15) is 4.79 Å². The van der Waals surface area contributed by atoms with E-state index in [-0.39, 0.29) is 5.91 Å². The summed E-state index contributed by atoms with van der Waals surface area (Å²) in [6.45, 7) is 1.39. The maximum atomic E-state index is 11.6. The average molecular weight is 270 g/mol. The Morgan fingerprint density at radius 2 is 2.20 bits per heavy atom. The van der Waals surface area contributed by atoms with Crippen LogP contribution >= 0.6 is 0 Å². The number of amides is 1. The molecule has 0 unspecified atom stereocenters. The lowest BCUT2D eigenvalue weighted by molar-refractivity contribution is 0.0943. The zero-order valence-electron chi connectivity index (χ0n) is 10.8. The lowest BCUT2D eigenvalue weighted by atomic mass is 10.3. The first-order chi connectivity index (χ1) is 9.84. The summed E-state index contributed by atoms with van der Waals surface area (Å²) in [5, 5.41) is 6.38. The number of para-hydroxylation sites is 2. The molecule has 0 saturated heterocycles. The van der Waals surface area contributed by atoms with Crippen molar-refractivity contribution in [3.05, 3.63) is 48.6 Å². The van der Waals surface area contributed by atoms with Crippen LogP contribution in [0.4, 0.5) is 0 Å². The van der Waals surface area contributed by atoms with Crippen molar-refractivity contribution < 1.29 is 9.32 Å². The van der Waals surface area contributed by atoms with E-state index in [2.05, 4.69) is 24.5 Å². The molecule has 0 saturated carbocycles. The third kappa shape index (κ3) is 2.54. The third-order valence-corrected chi connectivity index (χ3v) is 3.06. The van der Waals surface area contributed by atoms with Crippen molar-refractivity contribution in [2.45, 2.75) is 13.0 Å². The number of rotatable bonds is 5. The molecule has 3 rings (SSSR count). The van der Waals surface area contributed by atoms with Crippen LogP contribution in [0.1, 0.15) is 16.9 Å². The molecule has 102 valence electrons. The fraction of sp³-hybridized carbons (Fsp3) is 0.214. The molecule has 20 heavy (non-hydrogen) atoms. The van der Waals surface area contributed by atoms with Gasteiger partial charge in [0.15, 0.2) is 5.69 Å². The van der Waals surface area contributed by atoms with Crippen molar-refractivity contribution in [3.63, 3.8) is 0 Å². The Morgan fingerprint density at radius 1 is 1.30 bits per heavy atom. The summed E-state index contributed by atoms with van der Waals surface area (Å²) in [6.07, 6.45) is 4.03. The minimum atomic E-state index is -0.214. The summed E-state index contributed by atoms with van der Waals surface area (Å²) in [5.74, 6) is -0.214. The van der Waals surface area contributed by atoms with E-state index in [0.29, 0.717) is 12.2 Å². The van der Waals surface area contributed by atoms with E-state index in [4.69, 9.17) is 0 Å². The number of fused-ring (bicyclic) bond motifs is 1. The Kier molecular flexibility index (Phi) is 3.45. The van der Waals surface area contributed by atoms with E-state index in [1.807, 2.05) is 30.6 Å². The van der Waals surface area contributed by atoms with Gasteiger partial charge in [-0.25, -0.2) is 4.98 Å². The summed E-state index contributed by atoms with van der Waals surface area (Å²) >= 11 is 0. The lowest BCUT2D eigenvalue weighted by Crippen LogP contribution is -2.25. The molecule has 0 atom stereocenters. The molecule has 0 aliphatic carbocycles. The SMILES string of the molecule is O=C(NCCCn1cnc2ccccc21)c1ccon1. The highest BCUT2D eigenvalue weighted by Gasteiger charge is 2.07. The van der Waals surface area contributed by atoms with Crippen LogP contribution < -0.4 is 5.32 Å². The number of imidazole rings is 1. The summed E-state index contributed by atoms with van der Waals surface area (Å²) in [5.41, 5.74) is 2.40. The minimum Gasteiger partial charge on any atom is -0.364 e. The second kappa shape index (κ2) is 5.56. The van der Waals surface area contributed by atoms with Crippen LogP contribution in [0.3, 0.4) is 0 Å². The number of aromatic nitrogens is 3. The first kappa shape index (κ1) is 12.4. The Bertz CT molecular complexity index is 703. The molecule has 1 amide bonds. The molecule has 2 heterocycles. The number of aryl methyl sites for hydroxylation is 1. The van der Waals surface area contributed by atoms with E-state index in [0.717, 1.165) is 24.0 Å². The van der Waals surface area contributed by atoms with Gasteiger partial charge >= 0.3 is 0 Å². The topological polar surface area (TPSA) is 73.0 Å². The van der Waals surface area contributed by atoms with Crippen molar-refractivity contribution in [1.29, 1.82) is 0 Å². The summed E-state index contributed by atoms with van der Waals surface area (Å²) in [7, 11) is 0. The van der Waals surface area contributed by atoms with Gasteiger partial charge in [0, 0.05) is 19.2 Å². The predicted octanol–water partition coefficient (Wildman–Crippen LogP) is 1.84. The average Bonchev–Trinajstić information content (AvgIpc) is 3.13. The van der Waals surface area contributed by atoms with E-state index >= 15 is 0 Å². The quantitative estimate of drug-likeness (QED) is 0.718. The minimum absolute atomic E-state index is 0.214. The van der Waals surface area contributed by atoms with Crippen molar-refractivity contribution >= 4 is 16.9 Å². The first-order valence-electron chi connectivity index (χ1n) is 6.43. The van der Waals surface area contributed by atoms with Crippen LogP contribution in [-0.2, 0) is 6.54 Å². The van der Waals surface area contributed by atoms with E-state index in [1.54, 1.807) is 6.07 Å². The largest absolute Gasteiger partial charge is 0.364 e. The molecule has 6 nitrogen and oxygen atoms in total. The number of hydrogen-bond donors (Lipinski definition) is 1.